The molecule has 3 rings (SSSR count). The first kappa shape index (κ1) is 23.1. The van der Waals surface area contributed by atoms with Crippen molar-refractivity contribution in [1.29, 1.82) is 0 Å². The Morgan fingerprint density at radius 2 is 1.68 bits per heavy atom. The van der Waals surface area contributed by atoms with Crippen molar-refractivity contribution in [3.63, 3.8) is 0 Å². The van der Waals surface area contributed by atoms with Gasteiger partial charge in [-0.25, -0.2) is 8.42 Å². The molecule has 1 atom stereocenters. The molecule has 0 N–H and O–H groups in total. The number of halogens is 3. The van der Waals surface area contributed by atoms with Crippen LogP contribution >= 0.6 is 0 Å². The van der Waals surface area contributed by atoms with Crippen molar-refractivity contribution in [2.24, 2.45) is 0 Å². The second-order valence-electron chi connectivity index (χ2n) is 7.33. The van der Waals surface area contributed by atoms with E-state index >= 15 is 0 Å². The highest BCUT2D eigenvalue weighted by Crippen LogP contribution is 2.31. The molecular formula is C21H23F3N2O4S. The van der Waals surface area contributed by atoms with E-state index in [0.717, 1.165) is 28.1 Å². The normalized spacial score (nSPS) is 16.7. The molecule has 1 amide bonds. The standard InChI is InChI=1S/C21H23F3N2O4S/c1-15-5-3-7-18(13-15)30-16(2)20(27)25-9-11-26(12-10-25)31(28,29)19-8-4-6-17(14-19)21(22,23)24/h3-8,13-14,16H,9-12H2,1-2H3/t16-/m1/s1. The van der Waals surface area contributed by atoms with Gasteiger partial charge in [0.25, 0.3) is 5.91 Å². The van der Waals surface area contributed by atoms with Gasteiger partial charge in [0.15, 0.2) is 6.10 Å². The van der Waals surface area contributed by atoms with Crippen LogP contribution in [0, 0.1) is 6.92 Å². The zero-order valence-corrected chi connectivity index (χ0v) is 17.9. The summed E-state index contributed by atoms with van der Waals surface area (Å²) in [7, 11) is -4.10. The third-order valence-electron chi connectivity index (χ3n) is 5.00. The topological polar surface area (TPSA) is 66.9 Å². The predicted molar refractivity (Wildman–Crippen MR) is 108 cm³/mol. The van der Waals surface area contributed by atoms with Crippen molar-refractivity contribution in [1.82, 2.24) is 9.21 Å². The van der Waals surface area contributed by atoms with Crippen molar-refractivity contribution in [3.05, 3.63) is 59.7 Å². The van der Waals surface area contributed by atoms with Crippen LogP contribution in [0.15, 0.2) is 53.4 Å². The van der Waals surface area contributed by atoms with Crippen LogP contribution in [-0.4, -0.2) is 55.8 Å². The Labute approximate surface area is 179 Å². The molecule has 6 nitrogen and oxygen atoms in total. The highest BCUT2D eigenvalue weighted by molar-refractivity contribution is 7.89. The van der Waals surface area contributed by atoms with E-state index in [9.17, 15) is 26.4 Å². The number of ether oxygens (including phenoxy) is 1. The molecule has 0 aromatic heterocycles. The summed E-state index contributed by atoms with van der Waals surface area (Å²) >= 11 is 0. The maximum absolute atomic E-state index is 12.9. The fourth-order valence-electron chi connectivity index (χ4n) is 3.33. The maximum Gasteiger partial charge on any atom is 0.416 e. The molecule has 0 unspecified atom stereocenters. The van der Waals surface area contributed by atoms with Gasteiger partial charge >= 0.3 is 6.18 Å². The van der Waals surface area contributed by atoms with Crippen LogP contribution in [0.25, 0.3) is 0 Å². The number of piperazine rings is 1. The summed E-state index contributed by atoms with van der Waals surface area (Å²) in [5.74, 6) is 0.282. The van der Waals surface area contributed by atoms with Gasteiger partial charge in [-0.2, -0.15) is 17.5 Å². The lowest BCUT2D eigenvalue weighted by Gasteiger charge is -2.35. The molecular weight excluding hydrogens is 433 g/mol. The van der Waals surface area contributed by atoms with E-state index in [4.69, 9.17) is 4.74 Å². The van der Waals surface area contributed by atoms with Crippen molar-refractivity contribution in [2.75, 3.05) is 26.2 Å². The van der Waals surface area contributed by atoms with E-state index < -0.39 is 32.8 Å². The van der Waals surface area contributed by atoms with E-state index in [1.165, 1.54) is 4.90 Å². The molecule has 10 heteroatoms. The van der Waals surface area contributed by atoms with Crippen molar-refractivity contribution in [2.45, 2.75) is 31.0 Å². The summed E-state index contributed by atoms with van der Waals surface area (Å²) in [6.45, 7) is 3.75. The number of sulfonamides is 1. The largest absolute Gasteiger partial charge is 0.481 e. The zero-order valence-electron chi connectivity index (χ0n) is 17.1. The van der Waals surface area contributed by atoms with E-state index in [1.807, 2.05) is 25.1 Å². The van der Waals surface area contributed by atoms with Gasteiger partial charge in [0.1, 0.15) is 5.75 Å². The smallest absolute Gasteiger partial charge is 0.416 e. The zero-order chi connectivity index (χ0) is 22.8. The Hall–Kier alpha value is -2.59. The summed E-state index contributed by atoms with van der Waals surface area (Å²) < 4.78 is 71.1. The number of hydrogen-bond acceptors (Lipinski definition) is 4. The fraction of sp³-hybridized carbons (Fsp3) is 0.381. The Bertz CT molecular complexity index is 1050. The van der Waals surface area contributed by atoms with Gasteiger partial charge in [-0.15, -0.1) is 0 Å². The molecule has 1 heterocycles. The number of carbonyl (C=O) groups is 1. The number of alkyl halides is 3. The van der Waals surface area contributed by atoms with Crippen LogP contribution in [0.3, 0.4) is 0 Å². The van der Waals surface area contributed by atoms with Crippen LogP contribution < -0.4 is 4.74 Å². The van der Waals surface area contributed by atoms with Gasteiger partial charge in [-0.3, -0.25) is 4.79 Å². The third-order valence-corrected chi connectivity index (χ3v) is 6.89. The quantitative estimate of drug-likeness (QED) is 0.693. The van der Waals surface area contributed by atoms with Crippen LogP contribution in [0.5, 0.6) is 5.75 Å². The molecule has 1 fully saturated rings. The number of carbonyl (C=O) groups excluding carboxylic acids is 1. The molecule has 1 saturated heterocycles. The SMILES string of the molecule is Cc1cccc(O[C@H](C)C(=O)N2CCN(S(=O)(=O)c3cccc(C(F)(F)F)c3)CC2)c1. The van der Waals surface area contributed by atoms with Crippen molar-refractivity contribution < 1.29 is 31.1 Å². The molecule has 168 valence electrons. The average molecular weight is 456 g/mol. The summed E-state index contributed by atoms with van der Waals surface area (Å²) in [4.78, 5) is 13.8. The van der Waals surface area contributed by atoms with Crippen LogP contribution in [0.4, 0.5) is 13.2 Å². The molecule has 2 aromatic rings. The van der Waals surface area contributed by atoms with E-state index in [0.29, 0.717) is 11.8 Å². The Balaban J connectivity index is 1.64. The van der Waals surface area contributed by atoms with Crippen molar-refractivity contribution >= 4 is 15.9 Å². The molecule has 31 heavy (non-hydrogen) atoms. The minimum Gasteiger partial charge on any atom is -0.481 e. The highest BCUT2D eigenvalue weighted by Gasteiger charge is 2.35. The fourth-order valence-corrected chi connectivity index (χ4v) is 4.80. The number of nitrogens with zero attached hydrogens (tertiary/aromatic N) is 2. The van der Waals surface area contributed by atoms with Gasteiger partial charge < -0.3 is 9.64 Å². The molecule has 1 aliphatic heterocycles. The predicted octanol–water partition coefficient (Wildman–Crippen LogP) is 3.31. The number of rotatable bonds is 5. The first-order valence-electron chi connectivity index (χ1n) is 9.68. The molecule has 0 radical (unpaired) electrons. The van der Waals surface area contributed by atoms with Crippen LogP contribution in [0.2, 0.25) is 0 Å². The van der Waals surface area contributed by atoms with Gasteiger partial charge in [0.05, 0.1) is 10.5 Å². The summed E-state index contributed by atoms with van der Waals surface area (Å²) in [6.07, 6.45) is -5.39. The number of aryl methyl sites for hydroxylation is 1. The highest BCUT2D eigenvalue weighted by atomic mass is 32.2. The van der Waals surface area contributed by atoms with Crippen LogP contribution in [-0.2, 0) is 21.0 Å². The first-order chi connectivity index (χ1) is 14.5. The molecule has 0 spiro atoms. The second-order valence-corrected chi connectivity index (χ2v) is 9.27. The van der Waals surface area contributed by atoms with Crippen LogP contribution in [0.1, 0.15) is 18.1 Å². The van der Waals surface area contributed by atoms with E-state index in [-0.39, 0.29) is 32.1 Å². The third kappa shape index (κ3) is 5.37. The van der Waals surface area contributed by atoms with E-state index in [2.05, 4.69) is 0 Å². The average Bonchev–Trinajstić information content (AvgIpc) is 2.73. The minimum absolute atomic E-state index is 0.0124. The van der Waals surface area contributed by atoms with Crippen molar-refractivity contribution in [3.8, 4) is 5.75 Å². The van der Waals surface area contributed by atoms with Gasteiger partial charge in [0.2, 0.25) is 10.0 Å². The van der Waals surface area contributed by atoms with Gasteiger partial charge in [0, 0.05) is 26.2 Å². The monoisotopic (exact) mass is 456 g/mol. The first-order valence-corrected chi connectivity index (χ1v) is 11.1. The van der Waals surface area contributed by atoms with Gasteiger partial charge in [-0.1, -0.05) is 18.2 Å². The summed E-state index contributed by atoms with van der Waals surface area (Å²) in [5.41, 5.74) is -0.0323. The minimum atomic E-state index is -4.63. The second kappa shape index (κ2) is 8.88. The molecule has 0 bridgehead atoms. The van der Waals surface area contributed by atoms with Gasteiger partial charge in [-0.05, 0) is 49.7 Å². The molecule has 2 aromatic carbocycles. The number of amides is 1. The Morgan fingerprint density at radius 3 is 2.29 bits per heavy atom. The molecule has 0 aliphatic carbocycles. The summed E-state index contributed by atoms with van der Waals surface area (Å²) in [6, 6.07) is 10.9. The lowest BCUT2D eigenvalue weighted by molar-refractivity contribution is -0.139. The number of benzene rings is 2. The lowest BCUT2D eigenvalue weighted by Crippen LogP contribution is -2.53. The molecule has 1 aliphatic rings. The molecule has 0 saturated carbocycles. The maximum atomic E-state index is 12.9. The van der Waals surface area contributed by atoms with E-state index in [1.54, 1.807) is 13.0 Å². The summed E-state index contributed by atoms with van der Waals surface area (Å²) in [5, 5.41) is 0. The Kier molecular flexibility index (Phi) is 6.61. The Morgan fingerprint density at radius 1 is 1.03 bits per heavy atom. The number of hydrogen-bond donors (Lipinski definition) is 0. The lowest BCUT2D eigenvalue weighted by atomic mass is 10.2.